The summed E-state index contributed by atoms with van der Waals surface area (Å²) in [5.41, 5.74) is 2.04. The predicted octanol–water partition coefficient (Wildman–Crippen LogP) is 2.97. The first-order valence-corrected chi connectivity index (χ1v) is 7.80. The highest BCUT2D eigenvalue weighted by Crippen LogP contribution is 2.25. The Morgan fingerprint density at radius 3 is 2.14 bits per heavy atom. The van der Waals surface area contributed by atoms with Gasteiger partial charge in [-0.3, -0.25) is 4.79 Å². The molecule has 22 heavy (non-hydrogen) atoms. The Balaban J connectivity index is 1.77. The van der Waals surface area contributed by atoms with Crippen LogP contribution in [0.25, 0.3) is 0 Å². The fourth-order valence-corrected chi connectivity index (χ4v) is 2.88. The molecule has 0 aromatic heterocycles. The first kappa shape index (κ1) is 14.8. The molecule has 1 aliphatic heterocycles. The van der Waals surface area contributed by atoms with Crippen LogP contribution in [0.3, 0.4) is 0 Å². The minimum atomic E-state index is -0.260. The summed E-state index contributed by atoms with van der Waals surface area (Å²) in [6.45, 7) is 2.25. The summed E-state index contributed by atoms with van der Waals surface area (Å²) in [5, 5.41) is 3.10. The van der Waals surface area contributed by atoms with Gasteiger partial charge in [-0.1, -0.05) is 60.7 Å². The molecule has 1 aliphatic rings. The van der Waals surface area contributed by atoms with Gasteiger partial charge < -0.3 is 10.1 Å². The van der Waals surface area contributed by atoms with Crippen molar-refractivity contribution in [2.24, 2.45) is 5.92 Å². The maximum atomic E-state index is 12.7. The summed E-state index contributed by atoms with van der Waals surface area (Å²) in [6, 6.07) is 19.9. The second kappa shape index (κ2) is 7.23. The zero-order valence-corrected chi connectivity index (χ0v) is 12.6. The first-order chi connectivity index (χ1) is 10.8. The molecule has 2 aromatic carbocycles. The molecule has 1 fully saturated rings. The Morgan fingerprint density at radius 1 is 1.05 bits per heavy atom. The molecule has 1 atom stereocenters. The van der Waals surface area contributed by atoms with E-state index in [0.717, 1.165) is 30.8 Å². The first-order valence-electron chi connectivity index (χ1n) is 7.80. The second-order valence-electron chi connectivity index (χ2n) is 5.73. The van der Waals surface area contributed by atoms with E-state index in [2.05, 4.69) is 5.32 Å². The lowest BCUT2D eigenvalue weighted by molar-refractivity contribution is -0.121. The lowest BCUT2D eigenvalue weighted by Crippen LogP contribution is -2.34. The molecule has 3 rings (SSSR count). The molecule has 1 heterocycles. The van der Waals surface area contributed by atoms with Gasteiger partial charge in [0.2, 0.25) is 5.91 Å². The van der Waals surface area contributed by atoms with Crippen LogP contribution in [0.15, 0.2) is 60.7 Å². The van der Waals surface area contributed by atoms with Crippen LogP contribution in [0.4, 0.5) is 0 Å². The molecule has 0 saturated carbocycles. The molecular formula is C19H21NO2. The largest absolute Gasteiger partial charge is 0.381 e. The molecule has 3 heteroatoms. The van der Waals surface area contributed by atoms with Crippen molar-refractivity contribution in [2.75, 3.05) is 19.8 Å². The van der Waals surface area contributed by atoms with Gasteiger partial charge in [-0.05, 0) is 17.5 Å². The summed E-state index contributed by atoms with van der Waals surface area (Å²) >= 11 is 0. The monoisotopic (exact) mass is 295 g/mol. The number of hydrogen-bond donors (Lipinski definition) is 1. The summed E-state index contributed by atoms with van der Waals surface area (Å²) in [4.78, 5) is 12.7. The van der Waals surface area contributed by atoms with E-state index in [4.69, 9.17) is 4.74 Å². The highest BCUT2D eigenvalue weighted by molar-refractivity contribution is 5.87. The van der Waals surface area contributed by atoms with Crippen LogP contribution >= 0.6 is 0 Å². The zero-order valence-electron chi connectivity index (χ0n) is 12.6. The van der Waals surface area contributed by atoms with Crippen molar-refractivity contribution in [3.05, 3.63) is 71.8 Å². The number of rotatable bonds is 5. The van der Waals surface area contributed by atoms with Gasteiger partial charge in [0.15, 0.2) is 0 Å². The van der Waals surface area contributed by atoms with Crippen molar-refractivity contribution in [1.82, 2.24) is 5.32 Å². The van der Waals surface area contributed by atoms with E-state index < -0.39 is 0 Å². The van der Waals surface area contributed by atoms with Gasteiger partial charge in [-0.2, -0.15) is 0 Å². The lowest BCUT2D eigenvalue weighted by atomic mass is 9.90. The number of ether oxygens (including phenoxy) is 1. The average molecular weight is 295 g/mol. The van der Waals surface area contributed by atoms with Gasteiger partial charge in [-0.15, -0.1) is 0 Å². The fraction of sp³-hybridized carbons (Fsp3) is 0.316. The standard InChI is InChI=1S/C19H21NO2/c21-19(20-13-15-11-12-22-14-15)18(16-7-3-1-4-8-16)17-9-5-2-6-10-17/h1-10,15,18H,11-14H2,(H,20,21)/t15-/m1/s1. The Labute approximate surface area is 131 Å². The second-order valence-corrected chi connectivity index (χ2v) is 5.73. The fourth-order valence-electron chi connectivity index (χ4n) is 2.88. The van der Waals surface area contributed by atoms with Gasteiger partial charge in [-0.25, -0.2) is 0 Å². The molecular weight excluding hydrogens is 274 g/mol. The van der Waals surface area contributed by atoms with Crippen LogP contribution in [0.2, 0.25) is 0 Å². The highest BCUT2D eigenvalue weighted by Gasteiger charge is 2.24. The minimum absolute atomic E-state index is 0.0595. The van der Waals surface area contributed by atoms with E-state index in [9.17, 15) is 4.79 Å². The van der Waals surface area contributed by atoms with Gasteiger partial charge in [0.25, 0.3) is 0 Å². The van der Waals surface area contributed by atoms with Gasteiger partial charge in [0.1, 0.15) is 0 Å². The van der Waals surface area contributed by atoms with Gasteiger partial charge in [0.05, 0.1) is 12.5 Å². The van der Waals surface area contributed by atoms with Gasteiger partial charge >= 0.3 is 0 Å². The maximum absolute atomic E-state index is 12.7. The molecule has 2 aromatic rings. The van der Waals surface area contributed by atoms with E-state index in [1.807, 2.05) is 60.7 Å². The highest BCUT2D eigenvalue weighted by atomic mass is 16.5. The van der Waals surface area contributed by atoms with Crippen LogP contribution in [0.1, 0.15) is 23.5 Å². The van der Waals surface area contributed by atoms with Crippen molar-refractivity contribution < 1.29 is 9.53 Å². The van der Waals surface area contributed by atoms with Crippen LogP contribution in [-0.4, -0.2) is 25.7 Å². The van der Waals surface area contributed by atoms with Gasteiger partial charge in [0, 0.05) is 19.1 Å². The molecule has 114 valence electrons. The van der Waals surface area contributed by atoms with E-state index in [1.54, 1.807) is 0 Å². The zero-order chi connectivity index (χ0) is 15.2. The quantitative estimate of drug-likeness (QED) is 0.921. The SMILES string of the molecule is O=C(NC[C@H]1CCOC1)C(c1ccccc1)c1ccccc1. The third kappa shape index (κ3) is 3.55. The molecule has 1 N–H and O–H groups in total. The Kier molecular flexibility index (Phi) is 4.86. The molecule has 0 spiro atoms. The van der Waals surface area contributed by atoms with Crippen molar-refractivity contribution >= 4 is 5.91 Å². The predicted molar refractivity (Wildman–Crippen MR) is 86.7 cm³/mol. The molecule has 0 aliphatic carbocycles. The summed E-state index contributed by atoms with van der Waals surface area (Å²) in [7, 11) is 0. The summed E-state index contributed by atoms with van der Waals surface area (Å²) in [6.07, 6.45) is 1.03. The molecule has 0 unspecified atom stereocenters. The number of amides is 1. The summed E-state index contributed by atoms with van der Waals surface area (Å²) in [5.74, 6) is 0.241. The normalized spacial score (nSPS) is 17.6. The Hall–Kier alpha value is -2.13. The van der Waals surface area contributed by atoms with Crippen molar-refractivity contribution in [3.8, 4) is 0 Å². The number of hydrogen-bond acceptors (Lipinski definition) is 2. The maximum Gasteiger partial charge on any atom is 0.232 e. The smallest absolute Gasteiger partial charge is 0.232 e. The average Bonchev–Trinajstić information content (AvgIpc) is 3.09. The molecule has 1 amide bonds. The molecule has 0 bridgehead atoms. The molecule has 3 nitrogen and oxygen atoms in total. The third-order valence-corrected chi connectivity index (χ3v) is 4.12. The van der Waals surface area contributed by atoms with E-state index in [0.29, 0.717) is 12.5 Å². The van der Waals surface area contributed by atoms with E-state index in [1.165, 1.54) is 0 Å². The number of benzene rings is 2. The lowest BCUT2D eigenvalue weighted by Gasteiger charge is -2.19. The number of carbonyl (C=O) groups is 1. The number of carbonyl (C=O) groups excluding carboxylic acids is 1. The van der Waals surface area contributed by atoms with Crippen molar-refractivity contribution in [3.63, 3.8) is 0 Å². The Bertz CT molecular complexity index is 552. The summed E-state index contributed by atoms with van der Waals surface area (Å²) < 4.78 is 5.37. The topological polar surface area (TPSA) is 38.3 Å². The molecule has 0 radical (unpaired) electrons. The Morgan fingerprint density at radius 2 is 1.64 bits per heavy atom. The van der Waals surface area contributed by atoms with Crippen LogP contribution in [0.5, 0.6) is 0 Å². The number of nitrogens with one attached hydrogen (secondary N) is 1. The minimum Gasteiger partial charge on any atom is -0.381 e. The van der Waals surface area contributed by atoms with Crippen molar-refractivity contribution in [1.29, 1.82) is 0 Å². The third-order valence-electron chi connectivity index (χ3n) is 4.12. The van der Waals surface area contributed by atoms with Crippen LogP contribution in [0, 0.1) is 5.92 Å². The van der Waals surface area contributed by atoms with Crippen LogP contribution in [-0.2, 0) is 9.53 Å². The van der Waals surface area contributed by atoms with Crippen molar-refractivity contribution in [2.45, 2.75) is 12.3 Å². The molecule has 1 saturated heterocycles. The van der Waals surface area contributed by atoms with E-state index >= 15 is 0 Å². The van der Waals surface area contributed by atoms with Crippen LogP contribution < -0.4 is 5.32 Å². The van der Waals surface area contributed by atoms with E-state index in [-0.39, 0.29) is 11.8 Å².